The Labute approximate surface area is 355 Å². The Kier molecular flexibility index (Phi) is 38.1. The number of allylic oxidation sites excluding steroid dienone is 12. The molecule has 0 rings (SSSR count). The van der Waals surface area contributed by atoms with Crippen LogP contribution in [0.1, 0.15) is 168 Å². The Hall–Kier alpha value is -2.55. The number of phosphoric acid groups is 1. The molecule has 0 aliphatic heterocycles. The first kappa shape index (κ1) is 55.5. The van der Waals surface area contributed by atoms with Gasteiger partial charge in [-0.1, -0.05) is 151 Å². The zero-order valence-electron chi connectivity index (χ0n) is 37.5. The molecule has 0 fully saturated rings. The fraction of sp³-hybridized carbons (Fsp3) is 0.708. The molecule has 0 amide bonds. The van der Waals surface area contributed by atoms with Gasteiger partial charge in [0, 0.05) is 12.8 Å². The monoisotopic (exact) mass is 835 g/mol. The first-order valence-corrected chi connectivity index (χ1v) is 24.2. The lowest BCUT2D eigenvalue weighted by atomic mass is 10.1. The number of likely N-dealkylation sites (N-methyl/N-ethyl adjacent to an activating group) is 1. The first-order chi connectivity index (χ1) is 28.0. The summed E-state index contributed by atoms with van der Waals surface area (Å²) in [6, 6.07) is 0. The van der Waals surface area contributed by atoms with E-state index >= 15 is 0 Å². The molecule has 0 bridgehead atoms. The molecule has 2 unspecified atom stereocenters. The summed E-state index contributed by atoms with van der Waals surface area (Å²) in [5, 5.41) is 0. The molecule has 10 heteroatoms. The molecule has 0 saturated carbocycles. The van der Waals surface area contributed by atoms with Gasteiger partial charge in [-0.2, -0.15) is 0 Å². The van der Waals surface area contributed by atoms with Gasteiger partial charge in [0.25, 0.3) is 0 Å². The highest BCUT2D eigenvalue weighted by Gasteiger charge is 2.27. The summed E-state index contributed by atoms with van der Waals surface area (Å²) in [7, 11) is 1.45. The number of hydrogen-bond donors (Lipinski definition) is 1. The van der Waals surface area contributed by atoms with Gasteiger partial charge in [0.15, 0.2) is 6.10 Å². The number of phosphoric ester groups is 1. The average molecular weight is 835 g/mol. The Bertz CT molecular complexity index is 1220. The molecule has 58 heavy (non-hydrogen) atoms. The van der Waals surface area contributed by atoms with Crippen molar-refractivity contribution in [3.63, 3.8) is 0 Å². The zero-order chi connectivity index (χ0) is 42.8. The summed E-state index contributed by atoms with van der Waals surface area (Å²) >= 11 is 0. The maximum absolute atomic E-state index is 12.7. The SMILES string of the molecule is CC/C=C\C/C=C\C/C=C\C/C=C\CCCCCCCCCCC(=O)OC(COC(=O)CCCCCCC/C=C\C/C=C\CCC)COP(=O)(O)OCC[N+](C)(C)C. The molecule has 1 N–H and O–H groups in total. The lowest BCUT2D eigenvalue weighted by Gasteiger charge is -2.24. The highest BCUT2D eigenvalue weighted by molar-refractivity contribution is 7.47. The summed E-state index contributed by atoms with van der Waals surface area (Å²) in [6.45, 7) is 4.20. The molecule has 0 radical (unpaired) electrons. The van der Waals surface area contributed by atoms with Gasteiger partial charge in [-0.05, 0) is 77.0 Å². The third-order valence-corrected chi connectivity index (χ3v) is 10.2. The number of quaternary nitrogens is 1. The lowest BCUT2D eigenvalue weighted by molar-refractivity contribution is -0.870. The average Bonchev–Trinajstić information content (AvgIpc) is 3.17. The maximum Gasteiger partial charge on any atom is 0.472 e. The van der Waals surface area contributed by atoms with E-state index in [1.165, 1.54) is 32.1 Å². The minimum absolute atomic E-state index is 0.0240. The summed E-state index contributed by atoms with van der Waals surface area (Å²) in [5.41, 5.74) is 0. The molecular formula is C48H85NO8P+. The van der Waals surface area contributed by atoms with Crippen molar-refractivity contribution < 1.29 is 42.1 Å². The lowest BCUT2D eigenvalue weighted by Crippen LogP contribution is -2.37. The van der Waals surface area contributed by atoms with Crippen LogP contribution in [0.4, 0.5) is 0 Å². The fourth-order valence-electron chi connectivity index (χ4n) is 5.69. The van der Waals surface area contributed by atoms with Crippen LogP contribution in [0.25, 0.3) is 0 Å². The zero-order valence-corrected chi connectivity index (χ0v) is 38.4. The minimum Gasteiger partial charge on any atom is -0.462 e. The number of rotatable bonds is 40. The van der Waals surface area contributed by atoms with Crippen molar-refractivity contribution in [1.82, 2.24) is 0 Å². The molecule has 0 saturated heterocycles. The number of esters is 2. The van der Waals surface area contributed by atoms with Gasteiger partial charge in [0.05, 0.1) is 27.7 Å². The van der Waals surface area contributed by atoms with E-state index in [-0.39, 0.29) is 32.0 Å². The van der Waals surface area contributed by atoms with Crippen molar-refractivity contribution in [1.29, 1.82) is 0 Å². The number of hydrogen-bond acceptors (Lipinski definition) is 7. The molecule has 0 aliphatic rings. The maximum atomic E-state index is 12.7. The van der Waals surface area contributed by atoms with E-state index in [1.54, 1.807) is 0 Å². The van der Waals surface area contributed by atoms with Crippen molar-refractivity contribution in [2.75, 3.05) is 47.5 Å². The Morgan fingerprint density at radius 2 is 0.983 bits per heavy atom. The van der Waals surface area contributed by atoms with Crippen LogP contribution < -0.4 is 0 Å². The van der Waals surface area contributed by atoms with Crippen LogP contribution in [0.2, 0.25) is 0 Å². The van der Waals surface area contributed by atoms with Crippen LogP contribution in [0.15, 0.2) is 72.9 Å². The molecule has 334 valence electrons. The quantitative estimate of drug-likeness (QED) is 0.0214. The van der Waals surface area contributed by atoms with Crippen molar-refractivity contribution in [2.24, 2.45) is 0 Å². The predicted octanol–water partition coefficient (Wildman–Crippen LogP) is 13.0. The molecule has 9 nitrogen and oxygen atoms in total. The van der Waals surface area contributed by atoms with E-state index in [4.69, 9.17) is 18.5 Å². The van der Waals surface area contributed by atoms with Crippen LogP contribution in [0.3, 0.4) is 0 Å². The largest absolute Gasteiger partial charge is 0.472 e. The summed E-state index contributed by atoms with van der Waals surface area (Å²) in [4.78, 5) is 35.4. The Balaban J connectivity index is 4.35. The Morgan fingerprint density at radius 3 is 1.47 bits per heavy atom. The van der Waals surface area contributed by atoms with Crippen LogP contribution in [0, 0.1) is 0 Å². The van der Waals surface area contributed by atoms with Crippen molar-refractivity contribution in [3.8, 4) is 0 Å². The third kappa shape index (κ3) is 43.0. The molecule has 0 aromatic heterocycles. The van der Waals surface area contributed by atoms with E-state index in [1.807, 2.05) is 21.1 Å². The van der Waals surface area contributed by atoms with Gasteiger partial charge >= 0.3 is 19.8 Å². The molecule has 0 spiro atoms. The summed E-state index contributed by atoms with van der Waals surface area (Å²) < 4.78 is 34.3. The minimum atomic E-state index is -4.38. The van der Waals surface area contributed by atoms with Crippen LogP contribution >= 0.6 is 7.82 Å². The highest BCUT2D eigenvalue weighted by Crippen LogP contribution is 2.43. The van der Waals surface area contributed by atoms with E-state index in [9.17, 15) is 19.0 Å². The molecule has 2 atom stereocenters. The van der Waals surface area contributed by atoms with E-state index in [0.717, 1.165) is 103 Å². The van der Waals surface area contributed by atoms with Crippen molar-refractivity contribution >= 4 is 19.8 Å². The summed E-state index contributed by atoms with van der Waals surface area (Å²) in [5.74, 6) is -0.830. The van der Waals surface area contributed by atoms with Crippen molar-refractivity contribution in [2.45, 2.75) is 174 Å². The first-order valence-electron chi connectivity index (χ1n) is 22.7. The summed E-state index contributed by atoms with van der Waals surface area (Å²) in [6.07, 6.45) is 49.5. The highest BCUT2D eigenvalue weighted by atomic mass is 31.2. The number of carbonyl (C=O) groups excluding carboxylic acids is 2. The van der Waals surface area contributed by atoms with Crippen LogP contribution in [-0.4, -0.2) is 74.9 Å². The number of nitrogens with zero attached hydrogens (tertiary/aromatic N) is 1. The van der Waals surface area contributed by atoms with Gasteiger partial charge in [-0.15, -0.1) is 0 Å². The fourth-order valence-corrected chi connectivity index (χ4v) is 6.43. The van der Waals surface area contributed by atoms with Gasteiger partial charge in [0.2, 0.25) is 0 Å². The van der Waals surface area contributed by atoms with E-state index in [2.05, 4.69) is 86.8 Å². The standard InChI is InChI=1S/C48H84NO8P/c1-6-8-10-12-14-16-18-20-21-22-23-24-25-26-27-29-31-33-35-37-39-41-48(51)57-46(45-56-58(52,53)55-43-42-49(3,4)5)44-54-47(50)40-38-36-34-32-30-28-19-17-15-13-11-9-7-2/h8,10-11,13-14,16-17,19-21,23-24,46H,6-7,9,12,15,18,22,25-45H2,1-5H3/p+1/b10-8-,13-11-,16-14-,19-17-,21-20-,24-23-. The Morgan fingerprint density at radius 1 is 0.552 bits per heavy atom. The second kappa shape index (κ2) is 39.9. The number of unbranched alkanes of at least 4 members (excludes halogenated alkanes) is 14. The smallest absolute Gasteiger partial charge is 0.462 e. The molecular weight excluding hydrogens is 750 g/mol. The second-order valence-corrected chi connectivity index (χ2v) is 17.5. The van der Waals surface area contributed by atoms with Crippen LogP contribution in [-0.2, 0) is 32.7 Å². The molecule has 0 aliphatic carbocycles. The topological polar surface area (TPSA) is 108 Å². The van der Waals surface area contributed by atoms with Gasteiger partial charge in [-0.25, -0.2) is 4.57 Å². The second-order valence-electron chi connectivity index (χ2n) is 16.0. The van der Waals surface area contributed by atoms with Crippen molar-refractivity contribution in [3.05, 3.63) is 72.9 Å². The molecule has 0 aromatic carbocycles. The normalized spacial score (nSPS) is 14.2. The van der Waals surface area contributed by atoms with Crippen LogP contribution in [0.5, 0.6) is 0 Å². The van der Waals surface area contributed by atoms with Gasteiger partial charge < -0.3 is 18.9 Å². The van der Waals surface area contributed by atoms with Gasteiger partial charge in [-0.3, -0.25) is 18.6 Å². The third-order valence-electron chi connectivity index (χ3n) is 9.20. The molecule has 0 aromatic rings. The van der Waals surface area contributed by atoms with Gasteiger partial charge in [0.1, 0.15) is 19.8 Å². The number of carbonyl (C=O) groups is 2. The molecule has 0 heterocycles. The predicted molar refractivity (Wildman–Crippen MR) is 242 cm³/mol. The van der Waals surface area contributed by atoms with E-state index < -0.39 is 26.5 Å². The number of ether oxygens (including phenoxy) is 2. The van der Waals surface area contributed by atoms with E-state index in [0.29, 0.717) is 17.4 Å².